The van der Waals surface area contributed by atoms with Gasteiger partial charge in [0.05, 0.1) is 17.0 Å². The zero-order valence-corrected chi connectivity index (χ0v) is 26.2. The van der Waals surface area contributed by atoms with E-state index in [0.717, 1.165) is 19.1 Å². The molecule has 1 saturated heterocycles. The lowest BCUT2D eigenvalue weighted by Crippen LogP contribution is -2.51. The first-order valence-corrected chi connectivity index (χ1v) is 16.6. The minimum absolute atomic E-state index is 0.133. The fraction of sp³-hybridized carbons (Fsp3) is 0.424. The zero-order valence-electron chi connectivity index (χ0n) is 25.3. The Kier molecular flexibility index (Phi) is 9.68. The zero-order chi connectivity index (χ0) is 33.0. The molecule has 13 heteroatoms. The van der Waals surface area contributed by atoms with Crippen LogP contribution in [0.3, 0.4) is 0 Å². The third-order valence-corrected chi connectivity index (χ3v) is 10.2. The highest BCUT2D eigenvalue weighted by Crippen LogP contribution is 2.47. The second-order valence-electron chi connectivity index (χ2n) is 11.6. The van der Waals surface area contributed by atoms with Gasteiger partial charge in [-0.15, -0.1) is 0 Å². The number of hydrogen-bond acceptors (Lipinski definition) is 9. The van der Waals surface area contributed by atoms with Crippen LogP contribution in [0.25, 0.3) is 11.1 Å². The van der Waals surface area contributed by atoms with Gasteiger partial charge in [0.25, 0.3) is 5.91 Å². The summed E-state index contributed by atoms with van der Waals surface area (Å²) in [5.74, 6) is 8.04. The van der Waals surface area contributed by atoms with Crippen LogP contribution in [-0.2, 0) is 35.5 Å². The Bertz CT molecular complexity index is 1910. The normalized spacial score (nSPS) is 22.0. The van der Waals surface area contributed by atoms with Gasteiger partial charge in [0, 0.05) is 37.8 Å². The molecule has 2 aromatic carbocycles. The van der Waals surface area contributed by atoms with Crippen LogP contribution in [0.2, 0.25) is 0 Å². The van der Waals surface area contributed by atoms with Crippen molar-refractivity contribution in [2.24, 2.45) is 5.92 Å². The lowest BCUT2D eigenvalue weighted by atomic mass is 10.1. The molecule has 242 valence electrons. The molecule has 1 aromatic heterocycles. The van der Waals surface area contributed by atoms with E-state index in [2.05, 4.69) is 29.2 Å². The predicted molar refractivity (Wildman–Crippen MR) is 164 cm³/mol. The molecule has 1 saturated carbocycles. The van der Waals surface area contributed by atoms with E-state index < -0.39 is 56.7 Å². The molecular formula is C33H33FN2O9S. The van der Waals surface area contributed by atoms with Gasteiger partial charge in [-0.3, -0.25) is 9.36 Å². The van der Waals surface area contributed by atoms with Gasteiger partial charge < -0.3 is 13.9 Å². The topological polar surface area (TPSA) is 143 Å². The minimum atomic E-state index is -3.94. The minimum Gasteiger partial charge on any atom is -0.459 e. The first kappa shape index (κ1) is 32.9. The van der Waals surface area contributed by atoms with Gasteiger partial charge in [-0.1, -0.05) is 30.0 Å². The van der Waals surface area contributed by atoms with E-state index >= 15 is 0 Å². The quantitative estimate of drug-likeness (QED) is 0.198. The highest BCUT2D eigenvalue weighted by Gasteiger charge is 2.56. The van der Waals surface area contributed by atoms with Gasteiger partial charge in [0.1, 0.15) is 6.61 Å². The second-order valence-corrected chi connectivity index (χ2v) is 14.0. The van der Waals surface area contributed by atoms with Gasteiger partial charge in [0.2, 0.25) is 0 Å². The van der Waals surface area contributed by atoms with Crippen molar-refractivity contribution in [2.75, 3.05) is 19.5 Å². The number of halogens is 1. The summed E-state index contributed by atoms with van der Waals surface area (Å²) in [6, 6.07) is 13.1. The molecule has 2 fully saturated rings. The fourth-order valence-electron chi connectivity index (χ4n) is 4.87. The number of benzene rings is 2. The van der Waals surface area contributed by atoms with E-state index in [0.29, 0.717) is 29.7 Å². The maximum Gasteiger partial charge on any atom is 0.419 e. The van der Waals surface area contributed by atoms with Crippen molar-refractivity contribution in [1.82, 2.24) is 10.0 Å². The predicted octanol–water partition coefficient (Wildman–Crippen LogP) is 3.30. The number of carbonyl (C=O) groups excluding carboxylic acids is 2. The van der Waals surface area contributed by atoms with E-state index in [1.54, 1.807) is 42.5 Å². The number of esters is 1. The summed E-state index contributed by atoms with van der Waals surface area (Å²) < 4.78 is 55.4. The molecule has 1 aliphatic heterocycles. The molecule has 5 rings (SSSR count). The third-order valence-electron chi connectivity index (χ3n) is 8.18. The number of aryl methyl sites for hydroxylation is 1. The first-order chi connectivity index (χ1) is 21.9. The van der Waals surface area contributed by atoms with Crippen molar-refractivity contribution in [1.29, 1.82) is 0 Å². The number of ether oxygens (including phenoxy) is 2. The third kappa shape index (κ3) is 7.50. The molecule has 46 heavy (non-hydrogen) atoms. The lowest BCUT2D eigenvalue weighted by Gasteiger charge is -2.28. The highest BCUT2D eigenvalue weighted by atomic mass is 32.2. The number of aromatic nitrogens is 1. The molecule has 1 amide bonds. The Labute approximate surface area is 265 Å². The summed E-state index contributed by atoms with van der Waals surface area (Å²) in [6.07, 6.45) is 2.49. The van der Waals surface area contributed by atoms with Crippen molar-refractivity contribution in [3.05, 3.63) is 70.2 Å². The number of alkyl halides is 1. The van der Waals surface area contributed by atoms with Crippen LogP contribution in [-0.4, -0.2) is 61.0 Å². The van der Waals surface area contributed by atoms with Crippen molar-refractivity contribution in [2.45, 2.75) is 62.3 Å². The van der Waals surface area contributed by atoms with Crippen molar-refractivity contribution < 1.29 is 41.1 Å². The summed E-state index contributed by atoms with van der Waals surface area (Å²) in [4.78, 5) is 43.0. The van der Waals surface area contributed by atoms with Crippen LogP contribution in [0.4, 0.5) is 4.39 Å². The largest absolute Gasteiger partial charge is 0.459 e. The van der Waals surface area contributed by atoms with Crippen molar-refractivity contribution in [3.8, 4) is 23.7 Å². The van der Waals surface area contributed by atoms with E-state index in [1.807, 2.05) is 0 Å². The number of carbonyl (C=O) groups is 2. The van der Waals surface area contributed by atoms with Crippen LogP contribution >= 0.6 is 0 Å². The van der Waals surface area contributed by atoms with Crippen molar-refractivity contribution in [3.63, 3.8) is 0 Å². The highest BCUT2D eigenvalue weighted by molar-refractivity contribution is 7.92. The van der Waals surface area contributed by atoms with E-state index in [4.69, 9.17) is 18.7 Å². The molecule has 3 aromatic rings. The Morgan fingerprint density at radius 1 is 1.17 bits per heavy atom. The molecule has 0 spiro atoms. The van der Waals surface area contributed by atoms with Crippen LogP contribution in [0.15, 0.2) is 57.7 Å². The Balaban J connectivity index is 1.19. The summed E-state index contributed by atoms with van der Waals surface area (Å²) >= 11 is 0. The summed E-state index contributed by atoms with van der Waals surface area (Å²) in [5, 5.41) is 0. The number of hydrogen-bond donors (Lipinski definition) is 1. The molecule has 1 N–H and O–H groups in total. The smallest absolute Gasteiger partial charge is 0.419 e. The lowest BCUT2D eigenvalue weighted by molar-refractivity contribution is -0.201. The molecule has 11 nitrogen and oxygen atoms in total. The van der Waals surface area contributed by atoms with Gasteiger partial charge in [0.15, 0.2) is 32.1 Å². The van der Waals surface area contributed by atoms with E-state index in [1.165, 1.54) is 17.6 Å². The summed E-state index contributed by atoms with van der Waals surface area (Å²) in [6.45, 7) is 1.23. The number of fused-ring (bicyclic) bond motifs is 1. The molecule has 2 unspecified atom stereocenters. The van der Waals surface area contributed by atoms with Crippen molar-refractivity contribution >= 4 is 32.8 Å². The van der Waals surface area contributed by atoms with Crippen LogP contribution < -0.4 is 11.2 Å². The van der Waals surface area contributed by atoms with Gasteiger partial charge in [-0.05, 0) is 68.4 Å². The van der Waals surface area contributed by atoms with Crippen LogP contribution in [0, 0.1) is 29.6 Å². The summed E-state index contributed by atoms with van der Waals surface area (Å²) in [5.41, 5.74) is 1.92. The van der Waals surface area contributed by atoms with Gasteiger partial charge >= 0.3 is 11.7 Å². The van der Waals surface area contributed by atoms with Gasteiger partial charge in [-0.2, -0.15) is 0 Å². The number of nitrogens with zero attached hydrogens (tertiary/aromatic N) is 1. The number of hydroxylamine groups is 1. The number of amides is 1. The van der Waals surface area contributed by atoms with Crippen LogP contribution in [0.1, 0.15) is 54.9 Å². The Morgan fingerprint density at radius 2 is 1.96 bits per heavy atom. The SMILES string of the molecule is CC(CCn1c(=O)oc2cc(C#CC#C[C@H]3C[C@]3(F)COC(=O)c3ccccc3)ccc21)(C(=O)NOC1CCCCO1)S(C)(=O)=O. The number of sulfone groups is 1. The molecule has 4 atom stereocenters. The number of nitrogens with one attached hydrogen (secondary N) is 1. The van der Waals surface area contributed by atoms with E-state index in [-0.39, 0.29) is 25.0 Å². The Hall–Kier alpha value is -4.43. The molecule has 0 radical (unpaired) electrons. The van der Waals surface area contributed by atoms with Crippen LogP contribution in [0.5, 0.6) is 0 Å². The first-order valence-electron chi connectivity index (χ1n) is 14.7. The molecule has 2 heterocycles. The molecule has 0 bridgehead atoms. The molecule has 2 aliphatic rings. The fourth-order valence-corrected chi connectivity index (χ4v) is 5.71. The Morgan fingerprint density at radius 3 is 2.67 bits per heavy atom. The maximum absolute atomic E-state index is 14.8. The summed E-state index contributed by atoms with van der Waals surface area (Å²) in [7, 11) is -3.94. The standard InChI is InChI=1S/C33H33FN2O9S/c1-32(46(2,40)41,30(38)35-45-28-14-8-9-19-42-28)17-18-36-26-16-15-23(20-27(26)44-31(36)39)10-6-7-13-25-21-33(25,34)22-43-29(37)24-11-4-3-5-12-24/h3-5,11-12,15-16,20,25,28H,8-9,14,17-19,21-22H2,1-2H3,(H,35,38)/t25-,28?,32?,33-/m0/s1. The molecular weight excluding hydrogens is 619 g/mol. The van der Waals surface area contributed by atoms with E-state index in [9.17, 15) is 27.2 Å². The van der Waals surface area contributed by atoms with Gasteiger partial charge in [-0.25, -0.2) is 32.7 Å². The molecule has 1 aliphatic carbocycles. The average Bonchev–Trinajstić information content (AvgIpc) is 3.59. The number of rotatable bonds is 10. The maximum atomic E-state index is 14.8. The second kappa shape index (κ2) is 13.5. The average molecular weight is 653 g/mol. The monoisotopic (exact) mass is 652 g/mol. The number of oxazole rings is 1.